The molecule has 2 amide bonds. The van der Waals surface area contributed by atoms with Gasteiger partial charge < -0.3 is 15.3 Å². The Kier molecular flexibility index (Phi) is 3.55. The van der Waals surface area contributed by atoms with Crippen LogP contribution in [0.4, 0.5) is 19.7 Å². The molecule has 24 heavy (non-hydrogen) atoms. The molecule has 2 heterocycles. The molecule has 1 aliphatic rings. The van der Waals surface area contributed by atoms with Crippen LogP contribution in [0.2, 0.25) is 0 Å². The van der Waals surface area contributed by atoms with Crippen LogP contribution in [-0.2, 0) is 12.1 Å². The van der Waals surface area contributed by atoms with Crippen LogP contribution >= 0.6 is 0 Å². The second kappa shape index (κ2) is 5.33. The van der Waals surface area contributed by atoms with Crippen molar-refractivity contribution < 1.29 is 19.1 Å². The minimum Gasteiger partial charge on any atom is -0.463 e. The number of nitrogens with one attached hydrogen (secondary N) is 1. The van der Waals surface area contributed by atoms with E-state index in [0.717, 1.165) is 10.2 Å². The molecule has 3 rings (SSSR count). The molecule has 1 aromatic carbocycles. The Labute approximate surface area is 137 Å². The number of benzene rings is 1. The maximum absolute atomic E-state index is 13.4. The molecular weight excluding hydrogens is 315 g/mol. The maximum atomic E-state index is 13.4. The normalized spacial score (nSPS) is 15.2. The van der Waals surface area contributed by atoms with Gasteiger partial charge in [-0.1, -0.05) is 6.07 Å². The van der Waals surface area contributed by atoms with Gasteiger partial charge in [0.15, 0.2) is 0 Å². The van der Waals surface area contributed by atoms with E-state index < -0.39 is 23.5 Å². The third-order valence-corrected chi connectivity index (χ3v) is 4.26. The van der Waals surface area contributed by atoms with Crippen LogP contribution in [0, 0.1) is 12.7 Å². The van der Waals surface area contributed by atoms with Gasteiger partial charge >= 0.3 is 12.1 Å². The van der Waals surface area contributed by atoms with Gasteiger partial charge in [0.25, 0.3) is 0 Å². The molecule has 0 atom stereocenters. The molecule has 2 aromatic rings. The van der Waals surface area contributed by atoms with Gasteiger partial charge in [-0.3, -0.25) is 0 Å². The summed E-state index contributed by atoms with van der Waals surface area (Å²) in [7, 11) is 0. The van der Waals surface area contributed by atoms with E-state index >= 15 is 0 Å². The lowest BCUT2D eigenvalue weighted by Crippen LogP contribution is -2.43. The molecule has 126 valence electrons. The van der Waals surface area contributed by atoms with Crippen LogP contribution in [-0.4, -0.2) is 31.9 Å². The van der Waals surface area contributed by atoms with Crippen molar-refractivity contribution in [3.8, 4) is 0 Å². The molecule has 0 radical (unpaired) electrons. The molecule has 0 spiro atoms. The average Bonchev–Trinajstić information content (AvgIpc) is 3.02. The molecule has 7 nitrogen and oxygen atoms in total. The predicted octanol–water partition coefficient (Wildman–Crippen LogP) is 3.14. The number of aryl methyl sites for hydroxylation is 1. The van der Waals surface area contributed by atoms with Gasteiger partial charge in [-0.2, -0.15) is 9.78 Å². The summed E-state index contributed by atoms with van der Waals surface area (Å²) in [5, 5.41) is 15.8. The molecule has 0 saturated heterocycles. The highest BCUT2D eigenvalue weighted by Crippen LogP contribution is 2.38. The van der Waals surface area contributed by atoms with E-state index in [1.54, 1.807) is 31.7 Å². The van der Waals surface area contributed by atoms with E-state index in [2.05, 4.69) is 10.4 Å². The fourth-order valence-electron chi connectivity index (χ4n) is 2.87. The fourth-order valence-corrected chi connectivity index (χ4v) is 2.87. The number of fused-ring (bicyclic) bond motifs is 1. The van der Waals surface area contributed by atoms with E-state index in [4.69, 9.17) is 5.11 Å². The van der Waals surface area contributed by atoms with Crippen LogP contribution < -0.4 is 5.32 Å². The SMILES string of the molecule is Cc1ccc(F)cc1NC(=O)N1Cc2cn(C(=O)O)nc2C1(C)C. The molecule has 0 bridgehead atoms. The number of carboxylic acid groups (broad SMARTS) is 1. The highest BCUT2D eigenvalue weighted by Gasteiger charge is 2.43. The Morgan fingerprint density at radius 1 is 1.38 bits per heavy atom. The molecule has 0 fully saturated rings. The zero-order valence-electron chi connectivity index (χ0n) is 13.5. The van der Waals surface area contributed by atoms with Crippen molar-refractivity contribution in [3.63, 3.8) is 0 Å². The van der Waals surface area contributed by atoms with Crippen molar-refractivity contribution in [1.82, 2.24) is 14.7 Å². The van der Waals surface area contributed by atoms with Crippen LogP contribution in [0.25, 0.3) is 0 Å². The molecule has 0 unspecified atom stereocenters. The van der Waals surface area contributed by atoms with Gasteiger partial charge in [0.2, 0.25) is 0 Å². The summed E-state index contributed by atoms with van der Waals surface area (Å²) in [4.78, 5) is 25.2. The lowest BCUT2D eigenvalue weighted by Gasteiger charge is -2.31. The quantitative estimate of drug-likeness (QED) is 0.840. The highest BCUT2D eigenvalue weighted by molar-refractivity contribution is 5.91. The Morgan fingerprint density at radius 2 is 2.08 bits per heavy atom. The van der Waals surface area contributed by atoms with Crippen molar-refractivity contribution >= 4 is 17.8 Å². The minimum absolute atomic E-state index is 0.232. The molecule has 8 heteroatoms. The smallest absolute Gasteiger partial charge is 0.432 e. The predicted molar refractivity (Wildman–Crippen MR) is 84.4 cm³/mol. The molecule has 2 N–H and O–H groups in total. The summed E-state index contributed by atoms with van der Waals surface area (Å²) < 4.78 is 14.2. The Bertz CT molecular complexity index is 844. The number of hydrogen-bond donors (Lipinski definition) is 2. The number of anilines is 1. The summed E-state index contributed by atoms with van der Waals surface area (Å²) in [6, 6.07) is 3.79. The number of amides is 2. The monoisotopic (exact) mass is 332 g/mol. The number of aromatic nitrogens is 2. The van der Waals surface area contributed by atoms with Gasteiger partial charge in [-0.15, -0.1) is 0 Å². The standard InChI is InChI=1S/C16H17FN4O3/c1-9-4-5-11(17)6-12(9)18-14(22)20-7-10-8-21(15(23)24)19-13(10)16(20,2)3/h4-6,8H,7H2,1-3H3,(H,18,22)(H,23,24). The van der Waals surface area contributed by atoms with E-state index in [9.17, 15) is 14.0 Å². The minimum atomic E-state index is -1.17. The van der Waals surface area contributed by atoms with Crippen LogP contribution in [0.5, 0.6) is 0 Å². The van der Waals surface area contributed by atoms with Crippen LogP contribution in [0.1, 0.15) is 30.7 Å². The number of hydrogen-bond acceptors (Lipinski definition) is 3. The Balaban J connectivity index is 1.85. The summed E-state index contributed by atoms with van der Waals surface area (Å²) in [5.41, 5.74) is 1.58. The molecule has 1 aliphatic heterocycles. The second-order valence-electron chi connectivity index (χ2n) is 6.26. The third kappa shape index (κ3) is 2.49. The zero-order valence-corrected chi connectivity index (χ0v) is 13.5. The first-order chi connectivity index (χ1) is 11.2. The largest absolute Gasteiger partial charge is 0.463 e. The summed E-state index contributed by atoms with van der Waals surface area (Å²) in [5.74, 6) is -0.433. The Hall–Kier alpha value is -2.90. The van der Waals surface area contributed by atoms with E-state index in [1.807, 2.05) is 0 Å². The van der Waals surface area contributed by atoms with Gasteiger partial charge in [0.1, 0.15) is 5.82 Å². The molecule has 1 aromatic heterocycles. The highest BCUT2D eigenvalue weighted by atomic mass is 19.1. The summed E-state index contributed by atoms with van der Waals surface area (Å²) in [6.45, 7) is 5.58. The van der Waals surface area contributed by atoms with Crippen molar-refractivity contribution in [2.75, 3.05) is 5.32 Å². The second-order valence-corrected chi connectivity index (χ2v) is 6.26. The maximum Gasteiger partial charge on any atom is 0.432 e. The van der Waals surface area contributed by atoms with Crippen molar-refractivity contribution in [2.24, 2.45) is 0 Å². The number of urea groups is 1. The van der Waals surface area contributed by atoms with Crippen molar-refractivity contribution in [3.05, 3.63) is 47.0 Å². The number of rotatable bonds is 1. The van der Waals surface area contributed by atoms with E-state index in [1.165, 1.54) is 18.3 Å². The van der Waals surface area contributed by atoms with E-state index in [-0.39, 0.29) is 6.54 Å². The first-order valence-electron chi connectivity index (χ1n) is 7.37. The van der Waals surface area contributed by atoms with Gasteiger partial charge in [-0.05, 0) is 38.5 Å². The average molecular weight is 332 g/mol. The van der Waals surface area contributed by atoms with Crippen LogP contribution in [0.15, 0.2) is 24.4 Å². The number of nitrogens with zero attached hydrogens (tertiary/aromatic N) is 3. The molecule has 0 saturated carbocycles. The topological polar surface area (TPSA) is 87.5 Å². The lowest BCUT2D eigenvalue weighted by atomic mass is 10.0. The van der Waals surface area contributed by atoms with Gasteiger partial charge in [0, 0.05) is 17.4 Å². The number of carbonyl (C=O) groups excluding carboxylic acids is 1. The third-order valence-electron chi connectivity index (χ3n) is 4.26. The molecule has 0 aliphatic carbocycles. The summed E-state index contributed by atoms with van der Waals surface area (Å²) in [6.07, 6.45) is 0.228. The fraction of sp³-hybridized carbons (Fsp3) is 0.312. The van der Waals surface area contributed by atoms with Gasteiger partial charge in [0.05, 0.1) is 17.8 Å². The lowest BCUT2D eigenvalue weighted by molar-refractivity contribution is 0.153. The first-order valence-corrected chi connectivity index (χ1v) is 7.37. The Morgan fingerprint density at radius 3 is 2.71 bits per heavy atom. The molecular formula is C16H17FN4O3. The van der Waals surface area contributed by atoms with Crippen LogP contribution in [0.3, 0.4) is 0 Å². The zero-order chi connectivity index (χ0) is 17.6. The van der Waals surface area contributed by atoms with Crippen molar-refractivity contribution in [2.45, 2.75) is 32.9 Å². The van der Waals surface area contributed by atoms with Crippen molar-refractivity contribution in [1.29, 1.82) is 0 Å². The number of halogens is 1. The van der Waals surface area contributed by atoms with Gasteiger partial charge in [-0.25, -0.2) is 14.0 Å². The first kappa shape index (κ1) is 16.0. The van der Waals surface area contributed by atoms with E-state index in [0.29, 0.717) is 16.9 Å². The summed E-state index contributed by atoms with van der Waals surface area (Å²) >= 11 is 0. The number of carbonyl (C=O) groups is 2.